The highest BCUT2D eigenvalue weighted by molar-refractivity contribution is 5.95. The molecule has 3 aromatic carbocycles. The lowest BCUT2D eigenvalue weighted by atomic mass is 10.0. The van der Waals surface area contributed by atoms with Gasteiger partial charge in [0.15, 0.2) is 0 Å². The van der Waals surface area contributed by atoms with Crippen LogP contribution in [0.25, 0.3) is 22.0 Å². The van der Waals surface area contributed by atoms with Crippen LogP contribution in [0.2, 0.25) is 0 Å². The molecule has 1 N–H and O–H groups in total. The van der Waals surface area contributed by atoms with Gasteiger partial charge in [0.25, 0.3) is 0 Å². The molecule has 0 saturated carbocycles. The van der Waals surface area contributed by atoms with Crippen molar-refractivity contribution in [2.24, 2.45) is 0 Å². The summed E-state index contributed by atoms with van der Waals surface area (Å²) in [5, 5.41) is 4.26. The zero-order valence-electron chi connectivity index (χ0n) is 20.2. The van der Waals surface area contributed by atoms with Gasteiger partial charge in [-0.15, -0.1) is 0 Å². The van der Waals surface area contributed by atoms with E-state index in [0.29, 0.717) is 11.7 Å². The Morgan fingerprint density at radius 2 is 1.86 bits per heavy atom. The third kappa shape index (κ3) is 5.05. The van der Waals surface area contributed by atoms with Crippen molar-refractivity contribution in [2.45, 2.75) is 26.9 Å². The summed E-state index contributed by atoms with van der Waals surface area (Å²) < 4.78 is 25.4. The van der Waals surface area contributed by atoms with Crippen molar-refractivity contribution in [3.05, 3.63) is 72.2 Å². The molecule has 4 aromatic rings. The van der Waals surface area contributed by atoms with E-state index in [9.17, 15) is 4.39 Å². The molecule has 0 bridgehead atoms. The van der Waals surface area contributed by atoms with Crippen LogP contribution in [0.1, 0.15) is 19.4 Å². The predicted molar refractivity (Wildman–Crippen MR) is 138 cm³/mol. The predicted octanol–water partition coefficient (Wildman–Crippen LogP) is 6.11. The number of aryl methyl sites for hydroxylation is 1. The Kier molecular flexibility index (Phi) is 6.51. The molecule has 1 saturated heterocycles. The first-order chi connectivity index (χ1) is 17.0. The summed E-state index contributed by atoms with van der Waals surface area (Å²) in [7, 11) is 0. The van der Waals surface area contributed by atoms with Gasteiger partial charge in [-0.25, -0.2) is 14.4 Å². The number of fused-ring (bicyclic) bond motifs is 1. The molecule has 1 aromatic heterocycles. The van der Waals surface area contributed by atoms with Gasteiger partial charge >= 0.3 is 0 Å². The molecule has 7 heteroatoms. The molecule has 0 amide bonds. The van der Waals surface area contributed by atoms with E-state index in [1.54, 1.807) is 12.3 Å². The summed E-state index contributed by atoms with van der Waals surface area (Å²) in [6, 6.07) is 16.8. The highest BCUT2D eigenvalue weighted by Crippen LogP contribution is 2.36. The third-order valence-electron chi connectivity index (χ3n) is 6.02. The molecule has 180 valence electrons. The number of halogens is 1. The van der Waals surface area contributed by atoms with Crippen molar-refractivity contribution in [1.29, 1.82) is 0 Å². The Labute approximate surface area is 204 Å². The highest BCUT2D eigenvalue weighted by Gasteiger charge is 2.16. The number of nitrogens with one attached hydrogen (secondary N) is 1. The maximum absolute atomic E-state index is 14.0. The Balaban J connectivity index is 1.51. The number of benzene rings is 3. The molecule has 0 unspecified atom stereocenters. The maximum atomic E-state index is 14.0. The average molecular weight is 473 g/mol. The fourth-order valence-electron chi connectivity index (χ4n) is 4.36. The van der Waals surface area contributed by atoms with Gasteiger partial charge in [-0.3, -0.25) is 0 Å². The minimum Gasteiger partial charge on any atom is -0.490 e. The molecule has 0 aliphatic carbocycles. The van der Waals surface area contributed by atoms with Crippen molar-refractivity contribution >= 4 is 28.2 Å². The molecule has 0 atom stereocenters. The van der Waals surface area contributed by atoms with Crippen molar-refractivity contribution in [1.82, 2.24) is 9.97 Å². The number of rotatable bonds is 6. The Morgan fingerprint density at radius 1 is 1.03 bits per heavy atom. The Bertz CT molecular complexity index is 1350. The smallest absolute Gasteiger partial charge is 0.227 e. The van der Waals surface area contributed by atoms with Crippen LogP contribution in [-0.4, -0.2) is 42.4 Å². The summed E-state index contributed by atoms with van der Waals surface area (Å²) in [5.41, 5.74) is 5.74. The molecule has 6 nitrogen and oxygen atoms in total. The lowest BCUT2D eigenvalue weighted by molar-refractivity contribution is 0.122. The fraction of sp³-hybridized carbons (Fsp3) is 0.286. The van der Waals surface area contributed by atoms with Crippen molar-refractivity contribution in [3.8, 4) is 16.9 Å². The molecule has 0 radical (unpaired) electrons. The molecule has 1 aliphatic heterocycles. The Hall–Kier alpha value is -3.71. The normalized spacial score (nSPS) is 13.9. The molecular formula is C28H29FN4O2. The van der Waals surface area contributed by atoms with Gasteiger partial charge < -0.3 is 19.7 Å². The Morgan fingerprint density at radius 3 is 2.66 bits per heavy atom. The summed E-state index contributed by atoms with van der Waals surface area (Å²) in [6.45, 7) is 9.19. The van der Waals surface area contributed by atoms with Gasteiger partial charge in [0.1, 0.15) is 11.6 Å². The first-order valence-corrected chi connectivity index (χ1v) is 11.9. The van der Waals surface area contributed by atoms with Crippen LogP contribution in [0.15, 0.2) is 60.8 Å². The minimum absolute atomic E-state index is 0.0837. The van der Waals surface area contributed by atoms with Crippen LogP contribution in [-0.2, 0) is 4.74 Å². The SMILES string of the molecule is Cc1ccc(Nc2ncc3cccc(-c4ccc(F)cc4OC(C)C)c3n2)cc1N1CCOCC1. The van der Waals surface area contributed by atoms with E-state index in [1.165, 1.54) is 23.4 Å². The van der Waals surface area contributed by atoms with Crippen molar-refractivity contribution < 1.29 is 13.9 Å². The quantitative estimate of drug-likeness (QED) is 0.365. The van der Waals surface area contributed by atoms with Crippen molar-refractivity contribution in [3.63, 3.8) is 0 Å². The number of aromatic nitrogens is 2. The second kappa shape index (κ2) is 9.88. The molecule has 1 fully saturated rings. The van der Waals surface area contributed by atoms with Gasteiger partial charge in [-0.05, 0) is 50.6 Å². The lowest BCUT2D eigenvalue weighted by Crippen LogP contribution is -2.36. The number of nitrogens with zero attached hydrogens (tertiary/aromatic N) is 3. The second-order valence-corrected chi connectivity index (χ2v) is 8.97. The van der Waals surface area contributed by atoms with Gasteiger partial charge in [-0.2, -0.15) is 0 Å². The van der Waals surface area contributed by atoms with E-state index in [2.05, 4.69) is 34.3 Å². The summed E-state index contributed by atoms with van der Waals surface area (Å²) in [5.74, 6) is 0.654. The minimum atomic E-state index is -0.336. The first kappa shape index (κ1) is 23.1. The summed E-state index contributed by atoms with van der Waals surface area (Å²) in [4.78, 5) is 11.7. The van der Waals surface area contributed by atoms with Crippen LogP contribution in [0.5, 0.6) is 5.75 Å². The number of anilines is 3. The molecule has 1 aliphatic rings. The molecule has 35 heavy (non-hydrogen) atoms. The monoisotopic (exact) mass is 472 g/mol. The van der Waals surface area contributed by atoms with Gasteiger partial charge in [0.05, 0.1) is 24.8 Å². The molecule has 2 heterocycles. The van der Waals surface area contributed by atoms with E-state index in [4.69, 9.17) is 14.5 Å². The number of para-hydroxylation sites is 1. The maximum Gasteiger partial charge on any atom is 0.227 e. The number of morpholine rings is 1. The second-order valence-electron chi connectivity index (χ2n) is 8.97. The van der Waals surface area contributed by atoms with Gasteiger partial charge in [0, 0.05) is 53.2 Å². The zero-order chi connectivity index (χ0) is 24.4. The first-order valence-electron chi connectivity index (χ1n) is 11.9. The van der Waals surface area contributed by atoms with Crippen LogP contribution >= 0.6 is 0 Å². The number of ether oxygens (including phenoxy) is 2. The fourth-order valence-corrected chi connectivity index (χ4v) is 4.36. The number of hydrogen-bond donors (Lipinski definition) is 1. The van der Waals surface area contributed by atoms with Gasteiger partial charge in [-0.1, -0.05) is 24.3 Å². The van der Waals surface area contributed by atoms with E-state index in [0.717, 1.165) is 54.0 Å². The molecular weight excluding hydrogens is 443 g/mol. The van der Waals surface area contributed by atoms with E-state index in [-0.39, 0.29) is 11.9 Å². The highest BCUT2D eigenvalue weighted by atomic mass is 19.1. The zero-order valence-corrected chi connectivity index (χ0v) is 20.2. The van der Waals surface area contributed by atoms with Crippen LogP contribution in [0.3, 0.4) is 0 Å². The average Bonchev–Trinajstić information content (AvgIpc) is 2.85. The number of hydrogen-bond acceptors (Lipinski definition) is 6. The molecule has 5 rings (SSSR count). The summed E-state index contributed by atoms with van der Waals surface area (Å²) in [6.07, 6.45) is 1.72. The third-order valence-corrected chi connectivity index (χ3v) is 6.02. The van der Waals surface area contributed by atoms with Crippen LogP contribution < -0.4 is 15.0 Å². The van der Waals surface area contributed by atoms with E-state index < -0.39 is 0 Å². The standard InChI is InChI=1S/C28H29FN4O2/c1-18(2)35-26-15-21(29)8-10-23(26)24-6-4-5-20-17-30-28(32-27(20)24)31-22-9-7-19(3)25(16-22)33-11-13-34-14-12-33/h4-10,15-18H,11-14H2,1-3H3,(H,30,31,32). The van der Waals surface area contributed by atoms with Crippen LogP contribution in [0.4, 0.5) is 21.7 Å². The topological polar surface area (TPSA) is 59.5 Å². The summed E-state index contributed by atoms with van der Waals surface area (Å²) >= 11 is 0. The van der Waals surface area contributed by atoms with E-state index >= 15 is 0 Å². The largest absolute Gasteiger partial charge is 0.490 e. The molecule has 0 spiro atoms. The lowest BCUT2D eigenvalue weighted by Gasteiger charge is -2.30. The van der Waals surface area contributed by atoms with Gasteiger partial charge in [0.2, 0.25) is 5.95 Å². The van der Waals surface area contributed by atoms with E-state index in [1.807, 2.05) is 38.1 Å². The van der Waals surface area contributed by atoms with Crippen LogP contribution in [0, 0.1) is 12.7 Å². The van der Waals surface area contributed by atoms with Crippen molar-refractivity contribution in [2.75, 3.05) is 36.5 Å².